The highest BCUT2D eigenvalue weighted by Crippen LogP contribution is 2.12. The van der Waals surface area contributed by atoms with E-state index in [1.807, 2.05) is 30.3 Å². The van der Waals surface area contributed by atoms with Crippen LogP contribution >= 0.6 is 0 Å². The van der Waals surface area contributed by atoms with Crippen molar-refractivity contribution >= 4 is 11.8 Å². The molecule has 0 N–H and O–H groups in total. The first-order valence-corrected chi connectivity index (χ1v) is 6.56. The summed E-state index contributed by atoms with van der Waals surface area (Å²) in [7, 11) is 1.57. The smallest absolute Gasteiger partial charge is 0.375 e. The number of Topliss-reactive ketones (excluding diaryl/α,β-unsaturated/α-hetero) is 1. The SMILES string of the molecule is COc1ccc(CC(=O)C(=O)OCc2ccccc2)cc1. The monoisotopic (exact) mass is 284 g/mol. The molecular weight excluding hydrogens is 268 g/mol. The molecule has 4 heteroatoms. The zero-order valence-electron chi connectivity index (χ0n) is 11.7. The third-order valence-electron chi connectivity index (χ3n) is 2.96. The zero-order valence-corrected chi connectivity index (χ0v) is 11.7. The van der Waals surface area contributed by atoms with Crippen molar-refractivity contribution in [3.8, 4) is 5.75 Å². The molecule has 0 aliphatic carbocycles. The van der Waals surface area contributed by atoms with Crippen molar-refractivity contribution in [1.29, 1.82) is 0 Å². The second kappa shape index (κ2) is 7.24. The number of carbonyl (C=O) groups excluding carboxylic acids is 2. The fraction of sp³-hybridized carbons (Fsp3) is 0.176. The van der Waals surface area contributed by atoms with Crippen LogP contribution in [0.4, 0.5) is 0 Å². The molecule has 0 aliphatic rings. The Balaban J connectivity index is 1.86. The van der Waals surface area contributed by atoms with E-state index < -0.39 is 11.8 Å². The van der Waals surface area contributed by atoms with Gasteiger partial charge in [-0.25, -0.2) is 4.79 Å². The Bertz CT molecular complexity index is 602. The second-order valence-electron chi connectivity index (χ2n) is 4.51. The molecule has 0 bridgehead atoms. The average Bonchev–Trinajstić information content (AvgIpc) is 2.54. The molecule has 0 amide bonds. The molecule has 0 atom stereocenters. The maximum absolute atomic E-state index is 11.8. The molecule has 0 unspecified atom stereocenters. The molecule has 0 spiro atoms. The van der Waals surface area contributed by atoms with E-state index in [-0.39, 0.29) is 13.0 Å². The Morgan fingerprint density at radius 1 is 0.905 bits per heavy atom. The summed E-state index contributed by atoms with van der Waals surface area (Å²) in [6, 6.07) is 16.2. The molecule has 108 valence electrons. The quantitative estimate of drug-likeness (QED) is 0.604. The Kier molecular flexibility index (Phi) is 5.10. The molecular formula is C17H16O4. The molecule has 0 fully saturated rings. The molecule has 0 radical (unpaired) electrons. The van der Waals surface area contributed by atoms with Crippen LogP contribution in [0.3, 0.4) is 0 Å². The van der Waals surface area contributed by atoms with Gasteiger partial charge in [0.25, 0.3) is 0 Å². The first-order valence-electron chi connectivity index (χ1n) is 6.56. The zero-order chi connectivity index (χ0) is 15.1. The summed E-state index contributed by atoms with van der Waals surface area (Å²) < 4.78 is 10.0. The Morgan fingerprint density at radius 3 is 2.19 bits per heavy atom. The Hall–Kier alpha value is -2.62. The lowest BCUT2D eigenvalue weighted by molar-refractivity contribution is -0.154. The van der Waals surface area contributed by atoms with E-state index >= 15 is 0 Å². The number of methoxy groups -OCH3 is 1. The van der Waals surface area contributed by atoms with Gasteiger partial charge in [0.1, 0.15) is 12.4 Å². The Labute approximate surface area is 123 Å². The van der Waals surface area contributed by atoms with Crippen LogP contribution in [0.25, 0.3) is 0 Å². The van der Waals surface area contributed by atoms with E-state index in [1.165, 1.54) is 0 Å². The van der Waals surface area contributed by atoms with Gasteiger partial charge in [0.2, 0.25) is 5.78 Å². The van der Waals surface area contributed by atoms with E-state index in [0.717, 1.165) is 11.1 Å². The van der Waals surface area contributed by atoms with Crippen LogP contribution in [0.15, 0.2) is 54.6 Å². The van der Waals surface area contributed by atoms with Crippen molar-refractivity contribution in [1.82, 2.24) is 0 Å². The summed E-state index contributed by atoms with van der Waals surface area (Å²) in [6.07, 6.45) is 0.0254. The number of hydrogen-bond donors (Lipinski definition) is 0. The van der Waals surface area contributed by atoms with Gasteiger partial charge in [-0.3, -0.25) is 4.79 Å². The summed E-state index contributed by atoms with van der Waals surface area (Å²) in [5.74, 6) is -0.663. The number of ether oxygens (including phenoxy) is 2. The Morgan fingerprint density at radius 2 is 1.57 bits per heavy atom. The normalized spacial score (nSPS) is 9.95. The highest BCUT2D eigenvalue weighted by molar-refractivity contribution is 6.34. The van der Waals surface area contributed by atoms with Crippen molar-refractivity contribution in [2.75, 3.05) is 7.11 Å². The van der Waals surface area contributed by atoms with Gasteiger partial charge in [-0.2, -0.15) is 0 Å². The van der Waals surface area contributed by atoms with Crippen molar-refractivity contribution in [3.63, 3.8) is 0 Å². The minimum atomic E-state index is -0.810. The standard InChI is InChI=1S/C17H16O4/c1-20-15-9-7-13(8-10-15)11-16(18)17(19)21-12-14-5-3-2-4-6-14/h2-10H,11-12H2,1H3. The molecule has 0 aromatic heterocycles. The summed E-state index contributed by atoms with van der Waals surface area (Å²) in [4.78, 5) is 23.4. The predicted octanol–water partition coefficient (Wildman–Crippen LogP) is 2.55. The highest BCUT2D eigenvalue weighted by Gasteiger charge is 2.16. The number of hydrogen-bond acceptors (Lipinski definition) is 4. The number of esters is 1. The van der Waals surface area contributed by atoms with Crippen LogP contribution in [0.5, 0.6) is 5.75 Å². The van der Waals surface area contributed by atoms with Crippen molar-refractivity contribution in [2.24, 2.45) is 0 Å². The summed E-state index contributed by atoms with van der Waals surface area (Å²) in [5.41, 5.74) is 1.60. The lowest BCUT2D eigenvalue weighted by Crippen LogP contribution is -2.19. The predicted molar refractivity (Wildman–Crippen MR) is 77.9 cm³/mol. The van der Waals surface area contributed by atoms with Crippen molar-refractivity contribution in [3.05, 3.63) is 65.7 Å². The van der Waals surface area contributed by atoms with E-state index in [1.54, 1.807) is 31.4 Å². The van der Waals surface area contributed by atoms with Gasteiger partial charge in [0, 0.05) is 6.42 Å². The van der Waals surface area contributed by atoms with Gasteiger partial charge in [-0.05, 0) is 23.3 Å². The average molecular weight is 284 g/mol. The molecule has 21 heavy (non-hydrogen) atoms. The number of carbonyl (C=O) groups is 2. The minimum Gasteiger partial charge on any atom is -0.497 e. The summed E-state index contributed by atoms with van der Waals surface area (Å²) in [6.45, 7) is 0.105. The largest absolute Gasteiger partial charge is 0.497 e. The topological polar surface area (TPSA) is 52.6 Å². The van der Waals surface area contributed by atoms with Gasteiger partial charge in [0.05, 0.1) is 7.11 Å². The number of ketones is 1. The maximum Gasteiger partial charge on any atom is 0.375 e. The van der Waals surface area contributed by atoms with Gasteiger partial charge >= 0.3 is 5.97 Å². The fourth-order valence-corrected chi connectivity index (χ4v) is 1.80. The van der Waals surface area contributed by atoms with Gasteiger partial charge < -0.3 is 9.47 Å². The third-order valence-corrected chi connectivity index (χ3v) is 2.96. The minimum absolute atomic E-state index is 0.0254. The van der Waals surface area contributed by atoms with E-state index in [9.17, 15) is 9.59 Å². The number of rotatable bonds is 6. The van der Waals surface area contributed by atoms with Gasteiger partial charge in [0.15, 0.2) is 0 Å². The summed E-state index contributed by atoms with van der Waals surface area (Å²) in [5, 5.41) is 0. The van der Waals surface area contributed by atoms with Crippen LogP contribution in [0.1, 0.15) is 11.1 Å². The van der Waals surface area contributed by atoms with Crippen molar-refractivity contribution < 1.29 is 19.1 Å². The highest BCUT2D eigenvalue weighted by atomic mass is 16.5. The summed E-state index contributed by atoms with van der Waals surface area (Å²) >= 11 is 0. The molecule has 2 aromatic rings. The van der Waals surface area contributed by atoms with E-state index in [4.69, 9.17) is 9.47 Å². The number of benzene rings is 2. The van der Waals surface area contributed by atoms with Crippen LogP contribution in [-0.2, 0) is 27.4 Å². The van der Waals surface area contributed by atoms with E-state index in [0.29, 0.717) is 5.75 Å². The van der Waals surface area contributed by atoms with Gasteiger partial charge in [-0.15, -0.1) is 0 Å². The molecule has 0 saturated carbocycles. The lowest BCUT2D eigenvalue weighted by Gasteiger charge is -2.05. The molecule has 0 heterocycles. The lowest BCUT2D eigenvalue weighted by atomic mass is 10.1. The maximum atomic E-state index is 11.8. The fourth-order valence-electron chi connectivity index (χ4n) is 1.80. The molecule has 4 nitrogen and oxygen atoms in total. The first kappa shape index (κ1) is 14.8. The van der Waals surface area contributed by atoms with Crippen LogP contribution in [0, 0.1) is 0 Å². The van der Waals surface area contributed by atoms with Crippen molar-refractivity contribution in [2.45, 2.75) is 13.0 Å². The van der Waals surface area contributed by atoms with Crippen LogP contribution in [-0.4, -0.2) is 18.9 Å². The second-order valence-corrected chi connectivity index (χ2v) is 4.51. The van der Waals surface area contributed by atoms with Gasteiger partial charge in [-0.1, -0.05) is 42.5 Å². The molecule has 2 rings (SSSR count). The third kappa shape index (κ3) is 4.45. The first-order chi connectivity index (χ1) is 10.2. The molecule has 2 aromatic carbocycles. The molecule has 0 saturated heterocycles. The van der Waals surface area contributed by atoms with E-state index in [2.05, 4.69) is 0 Å². The molecule has 0 aliphatic heterocycles. The van der Waals surface area contributed by atoms with Crippen LogP contribution < -0.4 is 4.74 Å². The van der Waals surface area contributed by atoms with Crippen LogP contribution in [0.2, 0.25) is 0 Å².